The van der Waals surface area contributed by atoms with Gasteiger partial charge in [0.1, 0.15) is 15.6 Å². The second-order valence-corrected chi connectivity index (χ2v) is 12.2. The van der Waals surface area contributed by atoms with Crippen LogP contribution in [0.1, 0.15) is 45.0 Å². The van der Waals surface area contributed by atoms with Crippen LogP contribution in [0.15, 0.2) is 11.1 Å². The molecule has 0 aliphatic heterocycles. The predicted molar refractivity (Wildman–Crippen MR) is 129 cm³/mol. The first-order chi connectivity index (χ1) is 16.3. The van der Waals surface area contributed by atoms with Gasteiger partial charge in [-0.1, -0.05) is 32.4 Å². The van der Waals surface area contributed by atoms with Gasteiger partial charge < -0.3 is 15.7 Å². The van der Waals surface area contributed by atoms with Gasteiger partial charge in [-0.3, -0.25) is 4.68 Å². The van der Waals surface area contributed by atoms with Crippen molar-refractivity contribution in [3.05, 3.63) is 22.6 Å². The summed E-state index contributed by atoms with van der Waals surface area (Å²) in [7, 11) is -1.68. The zero-order valence-electron chi connectivity index (χ0n) is 20.7. The molecule has 0 saturated heterocycles. The number of hydrogen-bond donors (Lipinski definition) is 3. The predicted octanol–water partition coefficient (Wildman–Crippen LogP) is 4.06. The van der Waals surface area contributed by atoms with Gasteiger partial charge in [-0.2, -0.15) is 23.3 Å². The Hall–Kier alpha value is -2.61. The van der Waals surface area contributed by atoms with E-state index in [-0.39, 0.29) is 11.4 Å². The van der Waals surface area contributed by atoms with Gasteiger partial charge in [0.15, 0.2) is 15.7 Å². The molecule has 1 aliphatic carbocycles. The minimum atomic E-state index is -5.08. The molecule has 1 aliphatic rings. The van der Waals surface area contributed by atoms with Crippen molar-refractivity contribution in [2.24, 2.45) is 18.4 Å². The van der Waals surface area contributed by atoms with Crippen LogP contribution in [-0.4, -0.2) is 57.7 Å². The highest BCUT2D eigenvalue weighted by molar-refractivity contribution is 7.90. The van der Waals surface area contributed by atoms with E-state index in [2.05, 4.69) is 46.5 Å². The molecule has 0 amide bonds. The quantitative estimate of drug-likeness (QED) is 0.462. The molecule has 1 saturated carbocycles. The number of aliphatic carboxylic acids is 1. The SMILES string of the molecule is Cc1nc(NCc2nn(C)cc2S(C)(=O)=O)nc(N[C@@H]2C[C@H]2CC(C)(C)C)c1Cl.O=C(O)C(F)(F)F. The lowest BCUT2D eigenvalue weighted by molar-refractivity contribution is -0.192. The van der Waals surface area contributed by atoms with Crippen LogP contribution in [-0.2, 0) is 28.2 Å². The molecule has 0 unspecified atom stereocenters. The summed E-state index contributed by atoms with van der Waals surface area (Å²) < 4.78 is 57.1. The number of nitrogens with one attached hydrogen (secondary N) is 2. The second-order valence-electron chi connectivity index (χ2n) is 9.85. The molecule has 0 aromatic carbocycles. The molecule has 15 heteroatoms. The Kier molecular flexibility index (Phi) is 8.88. The lowest BCUT2D eigenvalue weighted by atomic mass is 9.89. The van der Waals surface area contributed by atoms with E-state index >= 15 is 0 Å². The molecule has 2 aromatic rings. The van der Waals surface area contributed by atoms with Crippen molar-refractivity contribution < 1.29 is 31.5 Å². The molecule has 2 atom stereocenters. The van der Waals surface area contributed by atoms with Crippen molar-refractivity contribution in [2.75, 3.05) is 16.9 Å². The summed E-state index contributed by atoms with van der Waals surface area (Å²) >= 11 is 6.41. The fourth-order valence-corrected chi connectivity index (χ4v) is 4.48. The number of carboxylic acids is 1. The third-order valence-corrected chi connectivity index (χ3v) is 6.65. The topological polar surface area (TPSA) is 139 Å². The van der Waals surface area contributed by atoms with Crippen LogP contribution in [0, 0.1) is 18.3 Å². The molecule has 36 heavy (non-hydrogen) atoms. The molecular weight excluding hydrogens is 525 g/mol. The van der Waals surface area contributed by atoms with Gasteiger partial charge in [0.25, 0.3) is 0 Å². The molecule has 0 bridgehead atoms. The lowest BCUT2D eigenvalue weighted by Crippen LogP contribution is -2.21. The van der Waals surface area contributed by atoms with Gasteiger partial charge >= 0.3 is 12.1 Å². The van der Waals surface area contributed by atoms with Crippen LogP contribution in [0.3, 0.4) is 0 Å². The van der Waals surface area contributed by atoms with Gasteiger partial charge in [0, 0.05) is 25.5 Å². The first-order valence-electron chi connectivity index (χ1n) is 10.8. The van der Waals surface area contributed by atoms with Crippen LogP contribution in [0.4, 0.5) is 24.9 Å². The Balaban J connectivity index is 0.000000572. The maximum absolute atomic E-state index is 11.9. The van der Waals surface area contributed by atoms with E-state index in [0.29, 0.717) is 45.6 Å². The Morgan fingerprint density at radius 1 is 1.28 bits per heavy atom. The summed E-state index contributed by atoms with van der Waals surface area (Å²) in [4.78, 5) is 18.0. The van der Waals surface area contributed by atoms with E-state index in [9.17, 15) is 21.6 Å². The number of aromatic nitrogens is 4. The fourth-order valence-electron chi connectivity index (χ4n) is 3.45. The number of anilines is 2. The number of halogens is 4. The zero-order chi connectivity index (χ0) is 27.6. The summed E-state index contributed by atoms with van der Waals surface area (Å²) in [6.07, 6.45) is -0.172. The molecule has 10 nitrogen and oxygen atoms in total. The van der Waals surface area contributed by atoms with Crippen LogP contribution in [0.2, 0.25) is 5.02 Å². The average Bonchev–Trinajstić information content (AvgIpc) is 3.26. The zero-order valence-corrected chi connectivity index (χ0v) is 22.3. The summed E-state index contributed by atoms with van der Waals surface area (Å²) in [6, 6.07) is 0.363. The van der Waals surface area contributed by atoms with Gasteiger partial charge in [0.2, 0.25) is 5.95 Å². The molecule has 1 fully saturated rings. The highest BCUT2D eigenvalue weighted by Gasteiger charge is 2.40. The smallest absolute Gasteiger partial charge is 0.475 e. The van der Waals surface area contributed by atoms with Crippen molar-refractivity contribution >= 4 is 39.2 Å². The van der Waals surface area contributed by atoms with E-state index in [1.54, 1.807) is 7.05 Å². The minimum absolute atomic E-state index is 0.194. The molecule has 3 rings (SSSR count). The van der Waals surface area contributed by atoms with Crippen molar-refractivity contribution in [1.29, 1.82) is 0 Å². The molecular formula is C21H30ClF3N6O4S. The summed E-state index contributed by atoms with van der Waals surface area (Å²) in [5.74, 6) is -1.16. The number of aryl methyl sites for hydroxylation is 2. The Bertz CT molecular complexity index is 1210. The Labute approximate surface area is 212 Å². The first-order valence-corrected chi connectivity index (χ1v) is 13.1. The summed E-state index contributed by atoms with van der Waals surface area (Å²) in [5, 5.41) is 18.4. The first kappa shape index (κ1) is 29.6. The van der Waals surface area contributed by atoms with E-state index in [4.69, 9.17) is 21.5 Å². The highest BCUT2D eigenvalue weighted by Crippen LogP contribution is 2.43. The Morgan fingerprint density at radius 3 is 2.36 bits per heavy atom. The maximum Gasteiger partial charge on any atom is 0.490 e. The van der Waals surface area contributed by atoms with Gasteiger partial charge in [-0.05, 0) is 31.1 Å². The molecule has 0 spiro atoms. The average molecular weight is 555 g/mol. The third-order valence-electron chi connectivity index (χ3n) is 5.06. The van der Waals surface area contributed by atoms with Crippen LogP contribution >= 0.6 is 11.6 Å². The van der Waals surface area contributed by atoms with Crippen LogP contribution in [0.25, 0.3) is 0 Å². The van der Waals surface area contributed by atoms with Crippen molar-refractivity contribution in [2.45, 2.75) is 64.2 Å². The molecule has 0 radical (unpaired) electrons. The lowest BCUT2D eigenvalue weighted by Gasteiger charge is -2.18. The maximum atomic E-state index is 11.9. The van der Waals surface area contributed by atoms with Crippen molar-refractivity contribution in [1.82, 2.24) is 19.7 Å². The largest absolute Gasteiger partial charge is 0.490 e. The van der Waals surface area contributed by atoms with E-state index in [1.807, 2.05) is 6.92 Å². The summed E-state index contributed by atoms with van der Waals surface area (Å²) in [6.45, 7) is 8.75. The van der Waals surface area contributed by atoms with Gasteiger partial charge in [-0.15, -0.1) is 0 Å². The third kappa shape index (κ3) is 8.80. The number of rotatable bonds is 7. The van der Waals surface area contributed by atoms with Crippen molar-refractivity contribution in [3.8, 4) is 0 Å². The van der Waals surface area contributed by atoms with Gasteiger partial charge in [-0.25, -0.2) is 18.2 Å². The monoisotopic (exact) mass is 554 g/mol. The number of carboxylic acid groups (broad SMARTS) is 1. The highest BCUT2D eigenvalue weighted by atomic mass is 35.5. The molecule has 3 N–H and O–H groups in total. The van der Waals surface area contributed by atoms with E-state index in [1.165, 1.54) is 17.1 Å². The minimum Gasteiger partial charge on any atom is -0.475 e. The fraction of sp³-hybridized carbons (Fsp3) is 0.619. The number of nitrogens with zero attached hydrogens (tertiary/aromatic N) is 4. The second kappa shape index (κ2) is 10.8. The normalized spacial score (nSPS) is 17.7. The number of alkyl halides is 3. The van der Waals surface area contributed by atoms with Crippen LogP contribution in [0.5, 0.6) is 0 Å². The standard InChI is InChI=1S/C19H29ClN6O2S.C2HF3O2/c1-11-16(20)17(23-13-7-12(13)8-19(2,3)4)24-18(22-11)21-9-14-15(29(6,27)28)10-26(5)25-14;3-2(4,5)1(6)7/h10,12-13H,7-9H2,1-6H3,(H2,21,22,23,24);(H,6,7)/t12-,13+;/m0./s1. The number of sulfone groups is 1. The van der Waals surface area contributed by atoms with Gasteiger partial charge in [0.05, 0.1) is 12.2 Å². The summed E-state index contributed by atoms with van der Waals surface area (Å²) in [5.41, 5.74) is 1.37. The Morgan fingerprint density at radius 2 is 1.86 bits per heavy atom. The van der Waals surface area contributed by atoms with E-state index < -0.39 is 22.0 Å². The van der Waals surface area contributed by atoms with Crippen molar-refractivity contribution in [3.63, 3.8) is 0 Å². The van der Waals surface area contributed by atoms with E-state index in [0.717, 1.165) is 12.8 Å². The molecule has 2 aromatic heterocycles. The van der Waals surface area contributed by atoms with Crippen LogP contribution < -0.4 is 10.6 Å². The molecule has 202 valence electrons. The number of hydrogen-bond acceptors (Lipinski definition) is 8. The number of carbonyl (C=O) groups is 1. The molecule has 2 heterocycles.